The minimum absolute atomic E-state index is 0.604. The Morgan fingerprint density at radius 1 is 1.40 bits per heavy atom. The van der Waals surface area contributed by atoms with Gasteiger partial charge in [-0.05, 0) is 35.6 Å². The summed E-state index contributed by atoms with van der Waals surface area (Å²) in [6, 6.07) is 6.43. The highest BCUT2D eigenvalue weighted by Crippen LogP contribution is 2.33. The molecule has 0 aromatic heterocycles. The summed E-state index contributed by atoms with van der Waals surface area (Å²) in [5.41, 5.74) is 4.54. The fourth-order valence-corrected chi connectivity index (χ4v) is 2.15. The third-order valence-corrected chi connectivity index (χ3v) is 3.25. The molecule has 0 radical (unpaired) electrons. The molecule has 1 N–H and O–H groups in total. The van der Waals surface area contributed by atoms with Gasteiger partial charge >= 0.3 is 0 Å². The first kappa shape index (κ1) is 16.3. The Kier molecular flexibility index (Phi) is 6.29. The summed E-state index contributed by atoms with van der Waals surface area (Å²) >= 11 is 0. The Morgan fingerprint density at radius 2 is 2.10 bits per heavy atom. The van der Waals surface area contributed by atoms with Crippen molar-refractivity contribution in [2.45, 2.75) is 33.1 Å². The minimum atomic E-state index is 0.604. The number of anilines is 1. The number of benzene rings is 1. The first-order valence-corrected chi connectivity index (χ1v) is 7.35. The van der Waals surface area contributed by atoms with Crippen LogP contribution in [0.25, 0.3) is 5.70 Å². The third kappa shape index (κ3) is 4.12. The van der Waals surface area contributed by atoms with Gasteiger partial charge in [-0.15, -0.1) is 0 Å². The van der Waals surface area contributed by atoms with E-state index in [9.17, 15) is 0 Å². The SMILES string of the molecule is C=C(N=CN(C)C)c1ccc2c(c1)C(C)CCN2.CC. The zero-order valence-electron chi connectivity index (χ0n) is 13.4. The van der Waals surface area contributed by atoms with E-state index in [1.807, 2.05) is 32.8 Å². The van der Waals surface area contributed by atoms with Gasteiger partial charge in [-0.25, -0.2) is 4.99 Å². The van der Waals surface area contributed by atoms with Crippen molar-refractivity contribution in [1.82, 2.24) is 4.90 Å². The van der Waals surface area contributed by atoms with Gasteiger partial charge in [0.2, 0.25) is 0 Å². The van der Waals surface area contributed by atoms with Gasteiger partial charge in [0.05, 0.1) is 12.0 Å². The highest BCUT2D eigenvalue weighted by atomic mass is 15.1. The highest BCUT2D eigenvalue weighted by Gasteiger charge is 2.16. The van der Waals surface area contributed by atoms with Gasteiger partial charge in [0.25, 0.3) is 0 Å². The second-order valence-electron chi connectivity index (χ2n) is 5.07. The van der Waals surface area contributed by atoms with Gasteiger partial charge in [0.1, 0.15) is 0 Å². The molecule has 0 saturated carbocycles. The molecule has 1 atom stereocenters. The van der Waals surface area contributed by atoms with Crippen LogP contribution in [0, 0.1) is 0 Å². The molecule has 1 aromatic rings. The molecule has 1 unspecified atom stereocenters. The topological polar surface area (TPSA) is 27.6 Å². The van der Waals surface area contributed by atoms with Gasteiger partial charge in [-0.2, -0.15) is 0 Å². The molecular formula is C17H27N3. The average Bonchev–Trinajstić information content (AvgIpc) is 2.47. The second kappa shape index (κ2) is 7.73. The number of nitrogens with zero attached hydrogens (tertiary/aromatic N) is 2. The van der Waals surface area contributed by atoms with Crippen molar-refractivity contribution in [2.75, 3.05) is 26.0 Å². The molecule has 110 valence electrons. The summed E-state index contributed by atoms with van der Waals surface area (Å²) in [5.74, 6) is 0.604. The molecular weight excluding hydrogens is 246 g/mol. The van der Waals surface area contributed by atoms with Crippen LogP contribution < -0.4 is 5.32 Å². The lowest BCUT2D eigenvalue weighted by atomic mass is 9.91. The Morgan fingerprint density at radius 3 is 2.75 bits per heavy atom. The zero-order valence-corrected chi connectivity index (χ0v) is 13.4. The average molecular weight is 273 g/mol. The molecule has 3 heteroatoms. The van der Waals surface area contributed by atoms with Gasteiger partial charge < -0.3 is 10.2 Å². The summed E-state index contributed by atoms with van der Waals surface area (Å²) in [4.78, 5) is 6.26. The molecule has 0 fully saturated rings. The smallest absolute Gasteiger partial charge is 0.0907 e. The summed E-state index contributed by atoms with van der Waals surface area (Å²) < 4.78 is 0. The molecule has 0 saturated heterocycles. The van der Waals surface area contributed by atoms with Crippen LogP contribution in [0.1, 0.15) is 44.2 Å². The molecule has 0 spiro atoms. The van der Waals surface area contributed by atoms with Crippen LogP contribution in [-0.4, -0.2) is 31.9 Å². The summed E-state index contributed by atoms with van der Waals surface area (Å²) in [6.45, 7) is 11.4. The third-order valence-electron chi connectivity index (χ3n) is 3.25. The maximum Gasteiger partial charge on any atom is 0.0907 e. The van der Waals surface area contributed by atoms with Gasteiger partial charge in [-0.3, -0.25) is 0 Å². The molecule has 0 bridgehead atoms. The van der Waals surface area contributed by atoms with E-state index < -0.39 is 0 Å². The standard InChI is InChI=1S/C15H21N3.C2H6/c1-11-7-8-16-15-6-5-13(9-14(11)15)12(2)17-10-18(3)4;1-2/h5-6,9-11,16H,2,7-8H2,1,3-4H3;1-2H3. The molecule has 3 nitrogen and oxygen atoms in total. The van der Waals surface area contributed by atoms with Crippen LogP contribution in [0.15, 0.2) is 29.8 Å². The highest BCUT2D eigenvalue weighted by molar-refractivity contribution is 5.73. The van der Waals surface area contributed by atoms with Crippen molar-refractivity contribution in [2.24, 2.45) is 4.99 Å². The molecule has 20 heavy (non-hydrogen) atoms. The number of fused-ring (bicyclic) bond motifs is 1. The lowest BCUT2D eigenvalue weighted by molar-refractivity contribution is 0.643. The number of aliphatic imine (C=N–C) groups is 1. The normalized spacial score (nSPS) is 16.8. The number of hydrogen-bond acceptors (Lipinski definition) is 2. The molecule has 2 rings (SSSR count). The predicted octanol–water partition coefficient (Wildman–Crippen LogP) is 4.19. The minimum Gasteiger partial charge on any atom is -0.385 e. The Balaban J connectivity index is 0.000000956. The van der Waals surface area contributed by atoms with Crippen LogP contribution in [0.4, 0.5) is 5.69 Å². The van der Waals surface area contributed by atoms with E-state index in [0.717, 1.165) is 17.8 Å². The number of hydrogen-bond donors (Lipinski definition) is 1. The largest absolute Gasteiger partial charge is 0.385 e. The molecule has 0 amide bonds. The van der Waals surface area contributed by atoms with Crippen LogP contribution in [0.5, 0.6) is 0 Å². The van der Waals surface area contributed by atoms with Crippen LogP contribution in [0.3, 0.4) is 0 Å². The summed E-state index contributed by atoms with van der Waals surface area (Å²) in [5, 5.41) is 3.43. The number of nitrogens with one attached hydrogen (secondary N) is 1. The predicted molar refractivity (Wildman–Crippen MR) is 90.5 cm³/mol. The van der Waals surface area contributed by atoms with Crippen molar-refractivity contribution in [3.8, 4) is 0 Å². The zero-order chi connectivity index (χ0) is 15.1. The lowest BCUT2D eigenvalue weighted by Crippen LogP contribution is -2.15. The van der Waals surface area contributed by atoms with Crippen LogP contribution >= 0.6 is 0 Å². The first-order chi connectivity index (χ1) is 9.58. The van der Waals surface area contributed by atoms with Crippen molar-refractivity contribution in [1.29, 1.82) is 0 Å². The lowest BCUT2D eigenvalue weighted by Gasteiger charge is -2.24. The molecule has 1 aromatic carbocycles. The van der Waals surface area contributed by atoms with Crippen molar-refractivity contribution < 1.29 is 0 Å². The van der Waals surface area contributed by atoms with Crippen LogP contribution in [-0.2, 0) is 0 Å². The van der Waals surface area contributed by atoms with Crippen molar-refractivity contribution in [3.05, 3.63) is 35.9 Å². The molecule has 1 aliphatic heterocycles. The van der Waals surface area contributed by atoms with Crippen LogP contribution in [0.2, 0.25) is 0 Å². The Hall–Kier alpha value is -1.77. The second-order valence-corrected chi connectivity index (χ2v) is 5.07. The summed E-state index contributed by atoms with van der Waals surface area (Å²) in [7, 11) is 3.91. The van der Waals surface area contributed by atoms with Crippen molar-refractivity contribution >= 4 is 17.7 Å². The van der Waals surface area contributed by atoms with Crippen molar-refractivity contribution in [3.63, 3.8) is 0 Å². The van der Waals surface area contributed by atoms with E-state index in [0.29, 0.717) is 5.92 Å². The van der Waals surface area contributed by atoms with E-state index in [1.54, 1.807) is 6.34 Å². The monoisotopic (exact) mass is 273 g/mol. The molecule has 1 heterocycles. The van der Waals surface area contributed by atoms with E-state index in [-0.39, 0.29) is 0 Å². The molecule has 1 aliphatic rings. The van der Waals surface area contributed by atoms with E-state index in [4.69, 9.17) is 0 Å². The fourth-order valence-electron chi connectivity index (χ4n) is 2.15. The van der Waals surface area contributed by atoms with Gasteiger partial charge in [0.15, 0.2) is 0 Å². The maximum absolute atomic E-state index is 4.35. The van der Waals surface area contributed by atoms with E-state index in [1.165, 1.54) is 17.7 Å². The van der Waals surface area contributed by atoms with E-state index in [2.05, 4.69) is 42.0 Å². The van der Waals surface area contributed by atoms with E-state index >= 15 is 0 Å². The Labute approximate surface area is 123 Å². The van der Waals surface area contributed by atoms with Gasteiger partial charge in [0, 0.05) is 26.3 Å². The number of rotatable bonds is 3. The van der Waals surface area contributed by atoms with Gasteiger partial charge in [-0.1, -0.05) is 33.4 Å². The summed E-state index contributed by atoms with van der Waals surface area (Å²) in [6.07, 6.45) is 2.97. The fraction of sp³-hybridized carbons (Fsp3) is 0.471. The molecule has 0 aliphatic carbocycles. The maximum atomic E-state index is 4.35. The quantitative estimate of drug-likeness (QED) is 0.660. The Bertz CT molecular complexity index is 475. The first-order valence-electron chi connectivity index (χ1n) is 7.35.